The lowest BCUT2D eigenvalue weighted by atomic mass is 10.0. The first-order chi connectivity index (χ1) is 6.61. The Morgan fingerprint density at radius 3 is 2.29 bits per heavy atom. The number of rotatable bonds is 3. The molecule has 0 fully saturated rings. The van der Waals surface area contributed by atoms with Crippen LogP contribution in [-0.4, -0.2) is 14.2 Å². The van der Waals surface area contributed by atoms with Crippen LogP contribution >= 0.6 is 0 Å². The van der Waals surface area contributed by atoms with Crippen molar-refractivity contribution in [3.8, 4) is 11.5 Å². The summed E-state index contributed by atoms with van der Waals surface area (Å²) in [4.78, 5) is 0. The van der Waals surface area contributed by atoms with Gasteiger partial charge in [-0.15, -0.1) is 0 Å². The molecule has 0 bridgehead atoms. The van der Waals surface area contributed by atoms with Crippen LogP contribution < -0.4 is 15.2 Å². The van der Waals surface area contributed by atoms with Crippen LogP contribution in [0, 0.1) is 6.92 Å². The van der Waals surface area contributed by atoms with Crippen molar-refractivity contribution in [1.29, 1.82) is 0 Å². The zero-order valence-electron chi connectivity index (χ0n) is 9.13. The zero-order chi connectivity index (χ0) is 10.7. The fourth-order valence-corrected chi connectivity index (χ4v) is 1.59. The molecular formula is C11H17NO2. The molecule has 0 amide bonds. The second-order valence-electron chi connectivity index (χ2n) is 3.30. The largest absolute Gasteiger partial charge is 0.493 e. The Morgan fingerprint density at radius 2 is 1.86 bits per heavy atom. The molecule has 0 saturated heterocycles. The van der Waals surface area contributed by atoms with Crippen LogP contribution in [0.3, 0.4) is 0 Å². The monoisotopic (exact) mass is 195 g/mol. The summed E-state index contributed by atoms with van der Waals surface area (Å²) in [5.41, 5.74) is 7.96. The van der Waals surface area contributed by atoms with Crippen molar-refractivity contribution in [3.05, 3.63) is 23.3 Å². The zero-order valence-corrected chi connectivity index (χ0v) is 9.13. The first-order valence-corrected chi connectivity index (χ1v) is 4.58. The molecule has 0 spiro atoms. The molecular weight excluding hydrogens is 178 g/mol. The Labute approximate surface area is 84.8 Å². The molecule has 0 unspecified atom stereocenters. The van der Waals surface area contributed by atoms with Gasteiger partial charge in [0, 0.05) is 6.04 Å². The summed E-state index contributed by atoms with van der Waals surface area (Å²) in [6.07, 6.45) is 0. The van der Waals surface area contributed by atoms with Crippen LogP contribution in [0.2, 0.25) is 0 Å². The van der Waals surface area contributed by atoms with E-state index >= 15 is 0 Å². The Kier molecular flexibility index (Phi) is 3.36. The first-order valence-electron chi connectivity index (χ1n) is 4.58. The summed E-state index contributed by atoms with van der Waals surface area (Å²) in [5.74, 6) is 1.51. The Balaban J connectivity index is 3.27. The molecule has 14 heavy (non-hydrogen) atoms. The maximum absolute atomic E-state index is 5.83. The lowest BCUT2D eigenvalue weighted by Crippen LogP contribution is -2.08. The average Bonchev–Trinajstić information content (AvgIpc) is 2.16. The molecule has 1 rings (SSSR count). The van der Waals surface area contributed by atoms with Crippen LogP contribution in [0.15, 0.2) is 12.1 Å². The van der Waals surface area contributed by atoms with E-state index in [2.05, 4.69) is 0 Å². The minimum Gasteiger partial charge on any atom is -0.493 e. The molecule has 0 aliphatic heterocycles. The maximum Gasteiger partial charge on any atom is 0.163 e. The highest BCUT2D eigenvalue weighted by Crippen LogP contribution is 2.34. The Morgan fingerprint density at radius 1 is 1.21 bits per heavy atom. The molecule has 1 atom stereocenters. The lowest BCUT2D eigenvalue weighted by molar-refractivity contribution is 0.352. The fourth-order valence-electron chi connectivity index (χ4n) is 1.59. The second kappa shape index (κ2) is 4.33. The topological polar surface area (TPSA) is 44.5 Å². The van der Waals surface area contributed by atoms with Gasteiger partial charge in [0.2, 0.25) is 0 Å². The van der Waals surface area contributed by atoms with Gasteiger partial charge in [-0.05, 0) is 31.0 Å². The first kappa shape index (κ1) is 10.9. The van der Waals surface area contributed by atoms with Gasteiger partial charge < -0.3 is 15.2 Å². The van der Waals surface area contributed by atoms with Crippen molar-refractivity contribution in [3.63, 3.8) is 0 Å². The van der Waals surface area contributed by atoms with Crippen molar-refractivity contribution in [2.75, 3.05) is 14.2 Å². The quantitative estimate of drug-likeness (QED) is 0.802. The van der Waals surface area contributed by atoms with Crippen LogP contribution in [0.4, 0.5) is 0 Å². The highest BCUT2D eigenvalue weighted by molar-refractivity contribution is 5.50. The van der Waals surface area contributed by atoms with Gasteiger partial charge in [-0.25, -0.2) is 0 Å². The van der Waals surface area contributed by atoms with Gasteiger partial charge in [0.1, 0.15) is 0 Å². The summed E-state index contributed by atoms with van der Waals surface area (Å²) in [5, 5.41) is 0. The van der Waals surface area contributed by atoms with Gasteiger partial charge in [0.15, 0.2) is 11.5 Å². The van der Waals surface area contributed by atoms with Gasteiger partial charge in [-0.3, -0.25) is 0 Å². The van der Waals surface area contributed by atoms with E-state index in [0.717, 1.165) is 22.6 Å². The molecule has 78 valence electrons. The molecule has 0 saturated carbocycles. The van der Waals surface area contributed by atoms with E-state index in [1.165, 1.54) is 0 Å². The Bertz CT molecular complexity index is 321. The highest BCUT2D eigenvalue weighted by Gasteiger charge is 2.12. The van der Waals surface area contributed by atoms with E-state index in [4.69, 9.17) is 15.2 Å². The standard InChI is InChI=1S/C11H17NO2/c1-7-9(8(2)12)5-6-10(13-3)11(7)14-4/h5-6,8H,12H2,1-4H3/t8-/m1/s1. The van der Waals surface area contributed by atoms with Crippen molar-refractivity contribution in [2.45, 2.75) is 19.9 Å². The molecule has 0 radical (unpaired) electrons. The normalized spacial score (nSPS) is 12.4. The molecule has 3 heteroatoms. The van der Waals surface area contributed by atoms with Crippen molar-refractivity contribution >= 4 is 0 Å². The average molecular weight is 195 g/mol. The molecule has 0 aromatic heterocycles. The van der Waals surface area contributed by atoms with Crippen LogP contribution in [0.25, 0.3) is 0 Å². The van der Waals surface area contributed by atoms with Crippen LogP contribution in [0.1, 0.15) is 24.1 Å². The van der Waals surface area contributed by atoms with Gasteiger partial charge in [0.25, 0.3) is 0 Å². The highest BCUT2D eigenvalue weighted by atomic mass is 16.5. The van der Waals surface area contributed by atoms with Gasteiger partial charge in [0.05, 0.1) is 14.2 Å². The summed E-state index contributed by atoms with van der Waals surface area (Å²) in [6.45, 7) is 3.94. The molecule has 2 N–H and O–H groups in total. The summed E-state index contributed by atoms with van der Waals surface area (Å²) >= 11 is 0. The predicted octanol–water partition coefficient (Wildman–Crippen LogP) is 2.03. The van der Waals surface area contributed by atoms with Crippen molar-refractivity contribution in [2.24, 2.45) is 5.73 Å². The summed E-state index contributed by atoms with van der Waals surface area (Å²) < 4.78 is 10.5. The molecule has 1 aromatic carbocycles. The minimum absolute atomic E-state index is 0.00908. The smallest absolute Gasteiger partial charge is 0.163 e. The van der Waals surface area contributed by atoms with Gasteiger partial charge >= 0.3 is 0 Å². The van der Waals surface area contributed by atoms with E-state index in [1.54, 1.807) is 14.2 Å². The minimum atomic E-state index is 0.00908. The SMILES string of the molecule is COc1ccc([C@@H](C)N)c(C)c1OC. The number of methoxy groups -OCH3 is 2. The maximum atomic E-state index is 5.83. The predicted molar refractivity (Wildman–Crippen MR) is 56.9 cm³/mol. The van der Waals surface area contributed by atoms with Crippen LogP contribution in [-0.2, 0) is 0 Å². The van der Waals surface area contributed by atoms with E-state index in [9.17, 15) is 0 Å². The lowest BCUT2D eigenvalue weighted by Gasteiger charge is -2.15. The number of hydrogen-bond donors (Lipinski definition) is 1. The summed E-state index contributed by atoms with van der Waals surface area (Å²) in [6, 6.07) is 3.86. The third-order valence-electron chi connectivity index (χ3n) is 2.33. The number of nitrogens with two attached hydrogens (primary N) is 1. The van der Waals surface area contributed by atoms with E-state index in [1.807, 2.05) is 26.0 Å². The third kappa shape index (κ3) is 1.82. The molecule has 0 aliphatic carbocycles. The van der Waals surface area contributed by atoms with Gasteiger partial charge in [-0.1, -0.05) is 6.07 Å². The Hall–Kier alpha value is -1.22. The van der Waals surface area contributed by atoms with E-state index in [0.29, 0.717) is 0 Å². The molecule has 0 aliphatic rings. The fraction of sp³-hybridized carbons (Fsp3) is 0.455. The van der Waals surface area contributed by atoms with Gasteiger partial charge in [-0.2, -0.15) is 0 Å². The van der Waals surface area contributed by atoms with Crippen molar-refractivity contribution in [1.82, 2.24) is 0 Å². The number of hydrogen-bond acceptors (Lipinski definition) is 3. The van der Waals surface area contributed by atoms with Crippen molar-refractivity contribution < 1.29 is 9.47 Å². The number of ether oxygens (including phenoxy) is 2. The molecule has 3 nitrogen and oxygen atoms in total. The number of benzene rings is 1. The molecule has 0 heterocycles. The van der Waals surface area contributed by atoms with E-state index < -0.39 is 0 Å². The summed E-state index contributed by atoms with van der Waals surface area (Å²) in [7, 11) is 3.26. The van der Waals surface area contributed by atoms with E-state index in [-0.39, 0.29) is 6.04 Å². The molecule has 1 aromatic rings. The third-order valence-corrected chi connectivity index (χ3v) is 2.33. The second-order valence-corrected chi connectivity index (χ2v) is 3.30. The van der Waals surface area contributed by atoms with Crippen LogP contribution in [0.5, 0.6) is 11.5 Å².